The van der Waals surface area contributed by atoms with E-state index >= 15 is 0 Å². The van der Waals surface area contributed by atoms with Gasteiger partial charge in [0.2, 0.25) is 0 Å². The van der Waals surface area contributed by atoms with Gasteiger partial charge in [0.25, 0.3) is 0 Å². The summed E-state index contributed by atoms with van der Waals surface area (Å²) < 4.78 is 0. The van der Waals surface area contributed by atoms with Gasteiger partial charge in [-0.1, -0.05) is 30.3 Å². The molecule has 2 aromatic carbocycles. The summed E-state index contributed by atoms with van der Waals surface area (Å²) in [6.45, 7) is 4.00. The van der Waals surface area contributed by atoms with Gasteiger partial charge in [-0.3, -0.25) is 9.59 Å². The molecule has 1 aromatic heterocycles. The molecule has 0 atom stereocenters. The summed E-state index contributed by atoms with van der Waals surface area (Å²) in [7, 11) is 0. The van der Waals surface area contributed by atoms with Crippen molar-refractivity contribution in [2.45, 2.75) is 26.7 Å². The van der Waals surface area contributed by atoms with Crippen molar-refractivity contribution in [1.29, 1.82) is 5.26 Å². The molecule has 0 saturated carbocycles. The molecule has 3 aromatic rings. The highest BCUT2D eigenvalue weighted by Gasteiger charge is 2.21. The Morgan fingerprint density at radius 1 is 1.11 bits per heavy atom. The maximum atomic E-state index is 12.3. The highest BCUT2D eigenvalue weighted by Crippen LogP contribution is 2.34. The third-order valence-corrected chi connectivity index (χ3v) is 4.67. The van der Waals surface area contributed by atoms with Gasteiger partial charge >= 0.3 is 5.97 Å². The van der Waals surface area contributed by atoms with Crippen molar-refractivity contribution in [2.24, 2.45) is 0 Å². The van der Waals surface area contributed by atoms with Crippen molar-refractivity contribution >= 4 is 22.7 Å². The SMILES string of the molecule is Cc1cccc(C)c1-c1ccc2c(C#N)c(O)c(C(=O)CCC(=O)O)nc2c1. The van der Waals surface area contributed by atoms with Gasteiger partial charge in [-0.05, 0) is 42.2 Å². The standard InChI is InChI=1S/C22H18N2O4/c1-12-4-3-5-13(2)20(12)14-6-7-15-16(11-23)22(28)21(24-17(15)10-14)18(25)8-9-19(26)27/h3-7,10,28H,8-9H2,1-2H3,(H,26,27). The highest BCUT2D eigenvalue weighted by molar-refractivity contribution is 6.03. The van der Waals surface area contributed by atoms with E-state index in [1.54, 1.807) is 12.1 Å². The molecule has 0 spiro atoms. The van der Waals surface area contributed by atoms with Crippen LogP contribution in [-0.2, 0) is 4.79 Å². The van der Waals surface area contributed by atoms with Crippen molar-refractivity contribution in [3.05, 3.63) is 58.8 Å². The summed E-state index contributed by atoms with van der Waals surface area (Å²) >= 11 is 0. The summed E-state index contributed by atoms with van der Waals surface area (Å²) in [5.74, 6) is -2.24. The number of nitrogens with zero attached hydrogens (tertiary/aromatic N) is 2. The number of carboxylic acid groups (broad SMARTS) is 1. The Labute approximate surface area is 161 Å². The van der Waals surface area contributed by atoms with Crippen molar-refractivity contribution in [1.82, 2.24) is 4.98 Å². The lowest BCUT2D eigenvalue weighted by Crippen LogP contribution is -2.07. The molecule has 0 amide bonds. The fourth-order valence-electron chi connectivity index (χ4n) is 3.33. The molecule has 3 rings (SSSR count). The number of ketones is 1. The van der Waals surface area contributed by atoms with Crippen LogP contribution < -0.4 is 0 Å². The molecule has 6 nitrogen and oxygen atoms in total. The Hall–Kier alpha value is -3.72. The molecule has 0 saturated heterocycles. The van der Waals surface area contributed by atoms with Crippen LogP contribution in [0.25, 0.3) is 22.0 Å². The van der Waals surface area contributed by atoms with Gasteiger partial charge in [0.05, 0.1) is 11.9 Å². The largest absolute Gasteiger partial charge is 0.504 e. The van der Waals surface area contributed by atoms with Crippen LogP contribution >= 0.6 is 0 Å². The summed E-state index contributed by atoms with van der Waals surface area (Å²) in [6, 6.07) is 13.2. The lowest BCUT2D eigenvalue weighted by molar-refractivity contribution is -0.136. The predicted molar refractivity (Wildman–Crippen MR) is 104 cm³/mol. The number of aryl methyl sites for hydroxylation is 2. The van der Waals surface area contributed by atoms with E-state index in [1.165, 1.54) is 0 Å². The number of aliphatic carboxylic acids is 1. The third-order valence-electron chi connectivity index (χ3n) is 4.67. The first-order chi connectivity index (χ1) is 13.3. The number of aromatic nitrogens is 1. The van der Waals surface area contributed by atoms with E-state index in [1.807, 2.05) is 44.2 Å². The normalized spacial score (nSPS) is 10.6. The van der Waals surface area contributed by atoms with E-state index in [-0.39, 0.29) is 24.1 Å². The molecule has 0 bridgehead atoms. The molecule has 28 heavy (non-hydrogen) atoms. The van der Waals surface area contributed by atoms with Gasteiger partial charge in [0.1, 0.15) is 17.3 Å². The molecule has 6 heteroatoms. The highest BCUT2D eigenvalue weighted by atomic mass is 16.4. The van der Waals surface area contributed by atoms with E-state index in [9.17, 15) is 20.0 Å². The fourth-order valence-corrected chi connectivity index (χ4v) is 3.33. The number of carbonyl (C=O) groups is 2. The third kappa shape index (κ3) is 3.42. The molecule has 0 unspecified atom stereocenters. The maximum absolute atomic E-state index is 12.3. The molecule has 0 fully saturated rings. The fraction of sp³-hybridized carbons (Fsp3) is 0.182. The Bertz CT molecular complexity index is 1140. The van der Waals surface area contributed by atoms with Crippen LogP contribution in [0.2, 0.25) is 0 Å². The minimum absolute atomic E-state index is 0.0447. The zero-order valence-corrected chi connectivity index (χ0v) is 15.5. The van der Waals surface area contributed by atoms with Crippen molar-refractivity contribution in [3.8, 4) is 22.9 Å². The van der Waals surface area contributed by atoms with Crippen molar-refractivity contribution in [2.75, 3.05) is 0 Å². The summed E-state index contributed by atoms with van der Waals surface area (Å²) in [5, 5.41) is 29.0. The number of fused-ring (bicyclic) bond motifs is 1. The molecule has 2 N–H and O–H groups in total. The molecule has 1 heterocycles. The zero-order valence-electron chi connectivity index (χ0n) is 15.5. The van der Waals surface area contributed by atoms with Gasteiger partial charge in [0, 0.05) is 11.8 Å². The van der Waals surface area contributed by atoms with Crippen LogP contribution in [0.3, 0.4) is 0 Å². The van der Waals surface area contributed by atoms with Gasteiger partial charge in [-0.15, -0.1) is 0 Å². The van der Waals surface area contributed by atoms with Crippen LogP contribution in [0.5, 0.6) is 5.75 Å². The number of benzene rings is 2. The number of carbonyl (C=O) groups excluding carboxylic acids is 1. The van der Waals surface area contributed by atoms with E-state index in [2.05, 4.69) is 4.98 Å². The van der Waals surface area contributed by atoms with Gasteiger partial charge in [0.15, 0.2) is 11.5 Å². The number of hydrogen-bond acceptors (Lipinski definition) is 5. The van der Waals surface area contributed by atoms with Crippen LogP contribution in [0.1, 0.15) is 40.0 Å². The topological polar surface area (TPSA) is 111 Å². The average molecular weight is 374 g/mol. The predicted octanol–water partition coefficient (Wildman–Crippen LogP) is 4.14. The number of hydrogen-bond donors (Lipinski definition) is 2. The number of carboxylic acids is 1. The summed E-state index contributed by atoms with van der Waals surface area (Å²) in [6.07, 6.45) is -0.675. The molecule has 140 valence electrons. The number of rotatable bonds is 5. The molecular weight excluding hydrogens is 356 g/mol. The lowest BCUT2D eigenvalue weighted by Gasteiger charge is -2.12. The van der Waals surface area contributed by atoms with Gasteiger partial charge < -0.3 is 10.2 Å². The monoisotopic (exact) mass is 374 g/mol. The summed E-state index contributed by atoms with van der Waals surface area (Å²) in [4.78, 5) is 27.3. The van der Waals surface area contributed by atoms with E-state index in [4.69, 9.17) is 5.11 Å². The van der Waals surface area contributed by atoms with Crippen LogP contribution in [0.4, 0.5) is 0 Å². The Kier molecular flexibility index (Phi) is 5.10. The van der Waals surface area contributed by atoms with E-state index in [0.717, 1.165) is 22.3 Å². The van der Waals surface area contributed by atoms with Crippen molar-refractivity contribution < 1.29 is 19.8 Å². The Morgan fingerprint density at radius 3 is 2.39 bits per heavy atom. The quantitative estimate of drug-likeness (QED) is 0.649. The molecule has 0 aliphatic rings. The minimum atomic E-state index is -1.12. The molecule has 0 radical (unpaired) electrons. The smallest absolute Gasteiger partial charge is 0.303 e. The Morgan fingerprint density at radius 2 is 1.79 bits per heavy atom. The minimum Gasteiger partial charge on any atom is -0.504 e. The number of aromatic hydroxyl groups is 1. The molecule has 0 aliphatic heterocycles. The van der Waals surface area contributed by atoms with E-state index in [0.29, 0.717) is 10.9 Å². The molecule has 0 aliphatic carbocycles. The second-order valence-corrected chi connectivity index (χ2v) is 6.61. The first-order valence-corrected chi connectivity index (χ1v) is 8.72. The number of pyridine rings is 1. The first-order valence-electron chi connectivity index (χ1n) is 8.72. The van der Waals surface area contributed by atoms with Crippen LogP contribution in [0.15, 0.2) is 36.4 Å². The van der Waals surface area contributed by atoms with Gasteiger partial charge in [-0.2, -0.15) is 5.26 Å². The number of nitriles is 1. The Balaban J connectivity index is 2.20. The molecular formula is C22H18N2O4. The van der Waals surface area contributed by atoms with Gasteiger partial charge in [-0.25, -0.2) is 4.98 Å². The summed E-state index contributed by atoms with van der Waals surface area (Å²) in [5.41, 5.74) is 4.16. The van der Waals surface area contributed by atoms with E-state index < -0.39 is 17.5 Å². The van der Waals surface area contributed by atoms with Crippen LogP contribution in [-0.4, -0.2) is 26.9 Å². The van der Waals surface area contributed by atoms with Crippen molar-refractivity contribution in [3.63, 3.8) is 0 Å². The lowest BCUT2D eigenvalue weighted by atomic mass is 9.94. The second-order valence-electron chi connectivity index (χ2n) is 6.61. The second kappa shape index (κ2) is 7.49. The van der Waals surface area contributed by atoms with Crippen LogP contribution in [0, 0.1) is 25.2 Å². The zero-order chi connectivity index (χ0) is 20.4. The maximum Gasteiger partial charge on any atom is 0.303 e. The average Bonchev–Trinajstić information content (AvgIpc) is 2.65. The first kappa shape index (κ1) is 19.1. The number of Topliss-reactive ketones (excluding diaryl/α,β-unsaturated/α-hetero) is 1.